The van der Waals surface area contributed by atoms with E-state index >= 15 is 0 Å². The number of halogens is 1. The Kier molecular flexibility index (Phi) is 5.61. The highest BCUT2D eigenvalue weighted by atomic mass is 32.2. The van der Waals surface area contributed by atoms with Gasteiger partial charge in [-0.05, 0) is 24.6 Å². The highest BCUT2D eigenvalue weighted by molar-refractivity contribution is 7.89. The summed E-state index contributed by atoms with van der Waals surface area (Å²) < 4.78 is 43.9. The fraction of sp³-hybridized carbons (Fsp3) is 0.333. The van der Waals surface area contributed by atoms with Crippen molar-refractivity contribution in [2.75, 3.05) is 13.7 Å². The molecule has 0 spiro atoms. The van der Waals surface area contributed by atoms with E-state index in [2.05, 4.69) is 9.46 Å². The standard InChI is InChI=1S/C12H13FN2O4S/c1-19-12(16)10-5-4-9(13)8-11(10)20(17,18)15-7-3-2-6-14/h4-5,8,15H,2-3,7H2,1H3. The number of hydrogen-bond acceptors (Lipinski definition) is 5. The number of nitrogens with one attached hydrogen (secondary N) is 1. The minimum Gasteiger partial charge on any atom is -0.465 e. The average molecular weight is 300 g/mol. The van der Waals surface area contributed by atoms with Gasteiger partial charge in [-0.15, -0.1) is 0 Å². The number of ether oxygens (including phenoxy) is 1. The van der Waals surface area contributed by atoms with Crippen molar-refractivity contribution in [3.05, 3.63) is 29.6 Å². The molecule has 0 radical (unpaired) electrons. The van der Waals surface area contributed by atoms with E-state index in [0.29, 0.717) is 6.42 Å². The Hall–Kier alpha value is -1.98. The maximum Gasteiger partial charge on any atom is 0.339 e. The zero-order valence-electron chi connectivity index (χ0n) is 10.7. The Morgan fingerprint density at radius 2 is 2.20 bits per heavy atom. The number of hydrogen-bond donors (Lipinski definition) is 1. The predicted molar refractivity (Wildman–Crippen MR) is 67.8 cm³/mol. The first-order valence-electron chi connectivity index (χ1n) is 5.67. The number of benzene rings is 1. The number of nitriles is 1. The van der Waals surface area contributed by atoms with Gasteiger partial charge >= 0.3 is 5.97 Å². The van der Waals surface area contributed by atoms with Crippen LogP contribution in [-0.4, -0.2) is 28.0 Å². The van der Waals surface area contributed by atoms with E-state index in [-0.39, 0.29) is 18.5 Å². The van der Waals surface area contributed by atoms with E-state index in [9.17, 15) is 17.6 Å². The number of rotatable bonds is 6. The maximum absolute atomic E-state index is 13.2. The van der Waals surface area contributed by atoms with Crippen molar-refractivity contribution in [1.29, 1.82) is 5.26 Å². The molecule has 0 aliphatic rings. The summed E-state index contributed by atoms with van der Waals surface area (Å²) in [7, 11) is -2.95. The maximum atomic E-state index is 13.2. The molecule has 1 rings (SSSR count). The normalized spacial score (nSPS) is 10.8. The number of carbonyl (C=O) groups is 1. The van der Waals surface area contributed by atoms with Crippen LogP contribution >= 0.6 is 0 Å². The number of esters is 1. The van der Waals surface area contributed by atoms with Crippen LogP contribution in [0.1, 0.15) is 23.2 Å². The molecule has 20 heavy (non-hydrogen) atoms. The lowest BCUT2D eigenvalue weighted by Crippen LogP contribution is -2.26. The van der Waals surface area contributed by atoms with Gasteiger partial charge in [0.25, 0.3) is 0 Å². The second-order valence-electron chi connectivity index (χ2n) is 3.79. The van der Waals surface area contributed by atoms with Crippen molar-refractivity contribution < 1.29 is 22.3 Å². The summed E-state index contributed by atoms with van der Waals surface area (Å²) in [6.07, 6.45) is 0.508. The van der Waals surface area contributed by atoms with Crippen molar-refractivity contribution in [2.24, 2.45) is 0 Å². The van der Waals surface area contributed by atoms with Crippen LogP contribution in [0.15, 0.2) is 23.1 Å². The minimum absolute atomic E-state index is 0.0209. The molecule has 0 aliphatic heterocycles. The van der Waals surface area contributed by atoms with Gasteiger partial charge in [0.2, 0.25) is 10.0 Å². The fourth-order valence-corrected chi connectivity index (χ4v) is 2.73. The minimum atomic E-state index is -4.05. The van der Waals surface area contributed by atoms with Gasteiger partial charge < -0.3 is 4.74 Å². The molecule has 1 aromatic carbocycles. The molecule has 0 aromatic heterocycles. The molecule has 0 aliphatic carbocycles. The lowest BCUT2D eigenvalue weighted by Gasteiger charge is -2.10. The van der Waals surface area contributed by atoms with Gasteiger partial charge in [-0.3, -0.25) is 0 Å². The Labute approximate surface area is 116 Å². The molecule has 0 heterocycles. The van der Waals surface area contributed by atoms with E-state index in [0.717, 1.165) is 25.3 Å². The lowest BCUT2D eigenvalue weighted by molar-refractivity contribution is 0.0596. The Bertz CT molecular complexity index is 637. The monoisotopic (exact) mass is 300 g/mol. The van der Waals surface area contributed by atoms with Gasteiger partial charge in [-0.1, -0.05) is 0 Å². The van der Waals surface area contributed by atoms with Crippen molar-refractivity contribution >= 4 is 16.0 Å². The van der Waals surface area contributed by atoms with E-state index < -0.39 is 26.7 Å². The van der Waals surface area contributed by atoms with Crippen molar-refractivity contribution in [2.45, 2.75) is 17.7 Å². The molecular formula is C12H13FN2O4S. The van der Waals surface area contributed by atoms with Gasteiger partial charge in [-0.25, -0.2) is 22.3 Å². The Morgan fingerprint density at radius 3 is 2.80 bits per heavy atom. The molecule has 0 bridgehead atoms. The van der Waals surface area contributed by atoms with Crippen molar-refractivity contribution in [1.82, 2.24) is 4.72 Å². The fourth-order valence-electron chi connectivity index (χ4n) is 1.45. The number of nitrogens with zero attached hydrogens (tertiary/aromatic N) is 1. The van der Waals surface area contributed by atoms with Crippen molar-refractivity contribution in [3.63, 3.8) is 0 Å². The summed E-state index contributed by atoms with van der Waals surface area (Å²) in [5, 5.41) is 8.36. The Balaban J connectivity index is 3.07. The zero-order valence-corrected chi connectivity index (χ0v) is 11.5. The van der Waals surface area contributed by atoms with E-state index in [1.165, 1.54) is 0 Å². The number of unbranched alkanes of at least 4 members (excludes halogenated alkanes) is 1. The average Bonchev–Trinajstić information content (AvgIpc) is 2.42. The third kappa shape index (κ3) is 4.01. The summed E-state index contributed by atoms with van der Waals surface area (Å²) in [6.45, 7) is 0.0209. The van der Waals surface area contributed by atoms with Gasteiger partial charge in [0.1, 0.15) is 5.82 Å². The molecule has 0 fully saturated rings. The smallest absolute Gasteiger partial charge is 0.339 e. The molecule has 8 heteroatoms. The van der Waals surface area contributed by atoms with Gasteiger partial charge in [0.05, 0.1) is 23.6 Å². The van der Waals surface area contributed by atoms with Gasteiger partial charge in [0, 0.05) is 13.0 Å². The predicted octanol–water partition coefficient (Wildman–Crippen LogP) is 1.19. The van der Waals surface area contributed by atoms with Crippen LogP contribution in [0.4, 0.5) is 4.39 Å². The lowest BCUT2D eigenvalue weighted by atomic mass is 10.2. The van der Waals surface area contributed by atoms with E-state index in [1.54, 1.807) is 0 Å². The zero-order chi connectivity index (χ0) is 15.2. The highest BCUT2D eigenvalue weighted by Crippen LogP contribution is 2.18. The molecular weight excluding hydrogens is 287 g/mol. The van der Waals surface area contributed by atoms with Crippen LogP contribution in [0.3, 0.4) is 0 Å². The first kappa shape index (κ1) is 16.1. The third-order valence-corrected chi connectivity index (χ3v) is 3.90. The summed E-state index contributed by atoms with van der Waals surface area (Å²) in [5.74, 6) is -1.66. The van der Waals surface area contributed by atoms with Crippen LogP contribution < -0.4 is 4.72 Å². The molecule has 1 N–H and O–H groups in total. The van der Waals surface area contributed by atoms with Crippen LogP contribution in [0.25, 0.3) is 0 Å². The Morgan fingerprint density at radius 1 is 1.50 bits per heavy atom. The van der Waals surface area contributed by atoms with Crippen LogP contribution in [0.2, 0.25) is 0 Å². The molecule has 0 saturated heterocycles. The first-order chi connectivity index (χ1) is 9.42. The van der Waals surface area contributed by atoms with Crippen molar-refractivity contribution in [3.8, 4) is 6.07 Å². The number of sulfonamides is 1. The number of methoxy groups -OCH3 is 1. The van der Waals surface area contributed by atoms with Crippen LogP contribution in [-0.2, 0) is 14.8 Å². The van der Waals surface area contributed by atoms with Crippen LogP contribution in [0, 0.1) is 17.1 Å². The molecule has 0 amide bonds. The highest BCUT2D eigenvalue weighted by Gasteiger charge is 2.23. The summed E-state index contributed by atoms with van der Waals surface area (Å²) in [6, 6.07) is 4.64. The number of carbonyl (C=O) groups excluding carboxylic acids is 1. The summed E-state index contributed by atoms with van der Waals surface area (Å²) in [5.41, 5.74) is -0.248. The molecule has 108 valence electrons. The molecule has 1 aromatic rings. The summed E-state index contributed by atoms with van der Waals surface area (Å²) in [4.78, 5) is 11.0. The molecule has 0 atom stereocenters. The second kappa shape index (κ2) is 6.98. The van der Waals surface area contributed by atoms with Gasteiger partial charge in [-0.2, -0.15) is 5.26 Å². The summed E-state index contributed by atoms with van der Waals surface area (Å²) >= 11 is 0. The van der Waals surface area contributed by atoms with Crippen LogP contribution in [0.5, 0.6) is 0 Å². The molecule has 0 unspecified atom stereocenters. The topological polar surface area (TPSA) is 96.3 Å². The SMILES string of the molecule is COC(=O)c1ccc(F)cc1S(=O)(=O)NCCCC#N. The molecule has 6 nitrogen and oxygen atoms in total. The molecule has 0 saturated carbocycles. The van der Waals surface area contributed by atoms with E-state index in [4.69, 9.17) is 5.26 Å². The van der Waals surface area contributed by atoms with Gasteiger partial charge in [0.15, 0.2) is 0 Å². The third-order valence-electron chi connectivity index (χ3n) is 2.40. The largest absolute Gasteiger partial charge is 0.465 e. The first-order valence-corrected chi connectivity index (χ1v) is 7.15. The quantitative estimate of drug-likeness (QED) is 0.629. The second-order valence-corrected chi connectivity index (χ2v) is 5.53. The van der Waals surface area contributed by atoms with E-state index in [1.807, 2.05) is 6.07 Å².